The van der Waals surface area contributed by atoms with Crippen molar-refractivity contribution < 1.29 is 4.74 Å². The highest BCUT2D eigenvalue weighted by Gasteiger charge is 2.14. The molecular formula is C11H21N3O. The maximum absolute atomic E-state index is 8.40. The summed E-state index contributed by atoms with van der Waals surface area (Å²) in [5, 5.41) is 11.7. The van der Waals surface area contributed by atoms with E-state index in [2.05, 4.69) is 23.3 Å². The molecule has 1 fully saturated rings. The van der Waals surface area contributed by atoms with Crippen molar-refractivity contribution in [1.29, 1.82) is 5.26 Å². The summed E-state index contributed by atoms with van der Waals surface area (Å²) in [5.74, 6) is 0. The standard InChI is InChI=1S/C11H21N3O/c1-14(7-4-2-3-5-12)10-11-9-13-6-8-15-11/h11,13H,2-4,6-10H2,1H3. The Balaban J connectivity index is 2.01. The number of nitrogens with one attached hydrogen (secondary N) is 1. The molecule has 0 bridgehead atoms. The van der Waals surface area contributed by atoms with Crippen LogP contribution in [-0.4, -0.2) is 50.8 Å². The molecule has 0 aliphatic carbocycles. The van der Waals surface area contributed by atoms with Gasteiger partial charge in [-0.15, -0.1) is 0 Å². The minimum Gasteiger partial charge on any atom is -0.374 e. The predicted molar refractivity (Wildman–Crippen MR) is 59.6 cm³/mol. The molecule has 1 N–H and O–H groups in total. The van der Waals surface area contributed by atoms with Crippen molar-refractivity contribution in [3.63, 3.8) is 0 Å². The van der Waals surface area contributed by atoms with E-state index in [4.69, 9.17) is 10.00 Å². The van der Waals surface area contributed by atoms with E-state index in [-0.39, 0.29) is 0 Å². The third-order valence-corrected chi connectivity index (χ3v) is 2.60. The lowest BCUT2D eigenvalue weighted by molar-refractivity contribution is 0.00990. The van der Waals surface area contributed by atoms with Crippen LogP contribution in [0.2, 0.25) is 0 Å². The van der Waals surface area contributed by atoms with E-state index >= 15 is 0 Å². The first-order valence-corrected chi connectivity index (χ1v) is 5.70. The molecule has 1 unspecified atom stereocenters. The Kier molecular flexibility index (Phi) is 6.33. The summed E-state index contributed by atoms with van der Waals surface area (Å²) in [4.78, 5) is 2.29. The van der Waals surface area contributed by atoms with Crippen LogP contribution in [0.25, 0.3) is 0 Å². The number of morpholine rings is 1. The first-order chi connectivity index (χ1) is 7.33. The van der Waals surface area contributed by atoms with Crippen LogP contribution in [0, 0.1) is 11.3 Å². The molecule has 0 amide bonds. The Labute approximate surface area is 92.2 Å². The van der Waals surface area contributed by atoms with Gasteiger partial charge in [-0.1, -0.05) is 0 Å². The predicted octanol–water partition coefficient (Wildman–Crippen LogP) is 0.600. The average Bonchev–Trinajstić information content (AvgIpc) is 2.26. The fourth-order valence-corrected chi connectivity index (χ4v) is 1.76. The molecule has 1 heterocycles. The highest BCUT2D eigenvalue weighted by molar-refractivity contribution is 4.71. The van der Waals surface area contributed by atoms with E-state index in [1.54, 1.807) is 0 Å². The summed E-state index contributed by atoms with van der Waals surface area (Å²) >= 11 is 0. The number of hydrogen-bond donors (Lipinski definition) is 1. The van der Waals surface area contributed by atoms with Gasteiger partial charge in [0.1, 0.15) is 0 Å². The first kappa shape index (κ1) is 12.4. The van der Waals surface area contributed by atoms with E-state index in [1.165, 1.54) is 0 Å². The molecule has 86 valence electrons. The fourth-order valence-electron chi connectivity index (χ4n) is 1.76. The lowest BCUT2D eigenvalue weighted by Gasteiger charge is -2.27. The van der Waals surface area contributed by atoms with E-state index in [0.29, 0.717) is 12.5 Å². The number of likely N-dealkylation sites (N-methyl/N-ethyl adjacent to an activating group) is 1. The Morgan fingerprint density at radius 1 is 1.53 bits per heavy atom. The largest absolute Gasteiger partial charge is 0.374 e. The Hall–Kier alpha value is -0.630. The van der Waals surface area contributed by atoms with Gasteiger partial charge in [0.25, 0.3) is 0 Å². The normalized spacial score (nSPS) is 21.5. The Morgan fingerprint density at radius 3 is 3.07 bits per heavy atom. The summed E-state index contributed by atoms with van der Waals surface area (Å²) in [5.41, 5.74) is 0. The van der Waals surface area contributed by atoms with Gasteiger partial charge in [0, 0.05) is 26.1 Å². The molecule has 4 nitrogen and oxygen atoms in total. The molecule has 1 rings (SSSR count). The SMILES string of the molecule is CN(CCCCC#N)CC1CNCCO1. The molecule has 4 heteroatoms. The van der Waals surface area contributed by atoms with Crippen LogP contribution in [0.1, 0.15) is 19.3 Å². The third kappa shape index (κ3) is 5.73. The van der Waals surface area contributed by atoms with Crippen LogP contribution in [0.3, 0.4) is 0 Å². The molecule has 1 atom stereocenters. The summed E-state index contributed by atoms with van der Waals surface area (Å²) in [6.45, 7) is 4.80. The van der Waals surface area contributed by atoms with Gasteiger partial charge >= 0.3 is 0 Å². The van der Waals surface area contributed by atoms with E-state index in [1.807, 2.05) is 0 Å². The molecule has 0 radical (unpaired) electrons. The number of nitriles is 1. The van der Waals surface area contributed by atoms with Gasteiger partial charge in [0.15, 0.2) is 0 Å². The second kappa shape index (κ2) is 7.63. The van der Waals surface area contributed by atoms with E-state index in [0.717, 1.165) is 45.6 Å². The average molecular weight is 211 g/mol. The Morgan fingerprint density at radius 2 is 2.40 bits per heavy atom. The maximum Gasteiger partial charge on any atom is 0.0826 e. The first-order valence-electron chi connectivity index (χ1n) is 5.70. The number of unbranched alkanes of at least 4 members (excludes halogenated alkanes) is 2. The van der Waals surface area contributed by atoms with Gasteiger partial charge in [0.2, 0.25) is 0 Å². The lowest BCUT2D eigenvalue weighted by atomic mass is 10.2. The second-order valence-electron chi connectivity index (χ2n) is 4.07. The summed E-state index contributed by atoms with van der Waals surface area (Å²) in [6.07, 6.45) is 3.11. The van der Waals surface area contributed by atoms with E-state index in [9.17, 15) is 0 Å². The smallest absolute Gasteiger partial charge is 0.0826 e. The number of hydrogen-bond acceptors (Lipinski definition) is 4. The molecule has 1 aliphatic rings. The van der Waals surface area contributed by atoms with Crippen LogP contribution < -0.4 is 5.32 Å². The molecule has 0 spiro atoms. The molecule has 0 aromatic rings. The molecule has 0 aromatic heterocycles. The zero-order chi connectivity index (χ0) is 10.9. The van der Waals surface area contributed by atoms with Crippen molar-refractivity contribution in [3.05, 3.63) is 0 Å². The molecule has 0 saturated carbocycles. The van der Waals surface area contributed by atoms with Crippen molar-refractivity contribution in [2.75, 3.05) is 39.8 Å². The lowest BCUT2D eigenvalue weighted by Crippen LogP contribution is -2.44. The van der Waals surface area contributed by atoms with Crippen molar-refractivity contribution in [3.8, 4) is 6.07 Å². The molecule has 1 aliphatic heterocycles. The Bertz CT molecular complexity index is 196. The van der Waals surface area contributed by atoms with Crippen LogP contribution >= 0.6 is 0 Å². The zero-order valence-electron chi connectivity index (χ0n) is 9.54. The van der Waals surface area contributed by atoms with Gasteiger partial charge < -0.3 is 15.0 Å². The molecular weight excluding hydrogens is 190 g/mol. The van der Waals surface area contributed by atoms with Gasteiger partial charge in [0.05, 0.1) is 18.8 Å². The zero-order valence-corrected chi connectivity index (χ0v) is 9.54. The topological polar surface area (TPSA) is 48.3 Å². The van der Waals surface area contributed by atoms with Gasteiger partial charge in [-0.2, -0.15) is 5.26 Å². The summed E-state index contributed by atoms with van der Waals surface area (Å²) in [6, 6.07) is 2.17. The third-order valence-electron chi connectivity index (χ3n) is 2.60. The second-order valence-corrected chi connectivity index (χ2v) is 4.07. The maximum atomic E-state index is 8.40. The van der Waals surface area contributed by atoms with Crippen LogP contribution in [0.5, 0.6) is 0 Å². The fraction of sp³-hybridized carbons (Fsp3) is 0.909. The minimum atomic E-state index is 0.333. The van der Waals surface area contributed by atoms with Crippen LogP contribution in [0.15, 0.2) is 0 Å². The summed E-state index contributed by atoms with van der Waals surface area (Å²) in [7, 11) is 2.12. The van der Waals surface area contributed by atoms with Gasteiger partial charge in [-0.05, 0) is 26.4 Å². The van der Waals surface area contributed by atoms with Crippen LogP contribution in [-0.2, 0) is 4.74 Å². The molecule has 15 heavy (non-hydrogen) atoms. The molecule has 1 saturated heterocycles. The van der Waals surface area contributed by atoms with Crippen molar-refractivity contribution in [2.24, 2.45) is 0 Å². The van der Waals surface area contributed by atoms with Gasteiger partial charge in [-0.3, -0.25) is 0 Å². The minimum absolute atomic E-state index is 0.333. The number of rotatable bonds is 6. The van der Waals surface area contributed by atoms with E-state index < -0.39 is 0 Å². The monoisotopic (exact) mass is 211 g/mol. The quantitative estimate of drug-likeness (QED) is 0.654. The highest BCUT2D eigenvalue weighted by atomic mass is 16.5. The van der Waals surface area contributed by atoms with Crippen molar-refractivity contribution in [1.82, 2.24) is 10.2 Å². The van der Waals surface area contributed by atoms with Crippen molar-refractivity contribution in [2.45, 2.75) is 25.4 Å². The van der Waals surface area contributed by atoms with Crippen LogP contribution in [0.4, 0.5) is 0 Å². The van der Waals surface area contributed by atoms with Crippen molar-refractivity contribution >= 4 is 0 Å². The summed E-state index contributed by atoms with van der Waals surface area (Å²) < 4.78 is 5.62. The van der Waals surface area contributed by atoms with Gasteiger partial charge in [-0.25, -0.2) is 0 Å². The molecule has 0 aromatic carbocycles. The highest BCUT2D eigenvalue weighted by Crippen LogP contribution is 2.01. The number of ether oxygens (including phenoxy) is 1. The number of nitrogens with zero attached hydrogens (tertiary/aromatic N) is 2.